The molecule has 0 radical (unpaired) electrons. The Morgan fingerprint density at radius 2 is 0.333 bits per heavy atom. The molecule has 0 aliphatic heterocycles. The van der Waals surface area contributed by atoms with Gasteiger partial charge in [-0.1, -0.05) is 0 Å². The fraction of sp³-hybridized carbons (Fsp3) is 0. The van der Waals surface area contributed by atoms with Crippen molar-refractivity contribution in [2.24, 2.45) is 0 Å². The molecule has 6 heavy (non-hydrogen) atoms. The van der Waals surface area contributed by atoms with Crippen LogP contribution in [0.3, 0.4) is 0 Å². The Kier molecular flexibility index (Phi) is 954. The van der Waals surface area contributed by atoms with Crippen LogP contribution in [0.4, 0.5) is 0 Å². The van der Waals surface area contributed by atoms with E-state index in [1.165, 1.54) is 0 Å². The Morgan fingerprint density at radius 3 is 0.333 bits per heavy atom. The van der Waals surface area contributed by atoms with Crippen molar-refractivity contribution in [3.8, 4) is 0 Å². The quantitative estimate of drug-likeness (QED) is 0.452. The van der Waals surface area contributed by atoms with Gasteiger partial charge in [0.2, 0.25) is 0 Å². The zero-order chi connectivity index (χ0) is 0. The first-order valence-electron chi connectivity index (χ1n) is 0. The van der Waals surface area contributed by atoms with Crippen molar-refractivity contribution >= 4 is 71.9 Å². The largest absolute Gasteiger partial charge is 0.412 e. The number of hydrogen-bond donors (Lipinski definition) is 0. The van der Waals surface area contributed by atoms with Gasteiger partial charge in [-0.05, 0) is 0 Å². The summed E-state index contributed by atoms with van der Waals surface area (Å²) in [6, 6.07) is 0. The van der Waals surface area contributed by atoms with Crippen molar-refractivity contribution < 1.29 is 16.4 Å². The van der Waals surface area contributed by atoms with Gasteiger partial charge in [-0.3, -0.25) is 0 Å². The summed E-state index contributed by atoms with van der Waals surface area (Å²) < 4.78 is 0. The van der Waals surface area contributed by atoms with Gasteiger partial charge in [-0.2, -0.15) is 0 Å². The molecule has 0 unspecified atom stereocenters. The maximum atomic E-state index is 0. The van der Waals surface area contributed by atoms with Gasteiger partial charge >= 0.3 is 0 Å². The number of rotatable bonds is 0. The molecule has 0 aromatic carbocycles. The van der Waals surface area contributed by atoms with Gasteiger partial charge in [-0.15, -0.1) is 71.9 Å². The number of halogens is 3. The Labute approximate surface area is 87.2 Å². The van der Waals surface area contributed by atoms with Crippen molar-refractivity contribution in [2.45, 2.75) is 0 Å². The van der Waals surface area contributed by atoms with Crippen molar-refractivity contribution in [1.82, 2.24) is 0 Å². The lowest BCUT2D eigenvalue weighted by Crippen LogP contribution is -0.290. The minimum atomic E-state index is 0. The summed E-state index contributed by atoms with van der Waals surface area (Å²) in [6.45, 7) is 0. The van der Waals surface area contributed by atoms with Crippen LogP contribution in [0.2, 0.25) is 0 Å². The maximum Gasteiger partial charge on any atom is -0.107 e. The van der Waals surface area contributed by atoms with Crippen molar-refractivity contribution in [1.29, 1.82) is 0 Å². The summed E-state index contributed by atoms with van der Waals surface area (Å²) in [4.78, 5) is 0. The van der Waals surface area contributed by atoms with Crippen molar-refractivity contribution in [3.63, 3.8) is 0 Å². The van der Waals surface area contributed by atoms with E-state index >= 15 is 0 Å². The molecule has 0 fully saturated rings. The Hall–Kier alpha value is 2.07. The van der Waals surface area contributed by atoms with E-state index in [1.54, 1.807) is 0 Å². The third-order valence-electron chi connectivity index (χ3n) is 0. The first-order valence-corrected chi connectivity index (χ1v) is 0. The molecule has 0 rings (SSSR count). The summed E-state index contributed by atoms with van der Waals surface area (Å²) in [7, 11) is 0. The Bertz CT molecular complexity index is 6.00. The van der Waals surface area contributed by atoms with Crippen LogP contribution in [0.5, 0.6) is 0 Å². The van der Waals surface area contributed by atoms with Gasteiger partial charge in [0.25, 0.3) is 0 Å². The van der Waals surface area contributed by atoms with Crippen LogP contribution in [0, 0.1) is 0 Å². The highest BCUT2D eigenvalue weighted by molar-refractivity contribution is 14.0. The van der Waals surface area contributed by atoms with Gasteiger partial charge in [-0.25, -0.2) is 0 Å². The molecule has 3 nitrogen and oxygen atoms in total. The molecule has 0 bridgehead atoms. The molecule has 48 valence electrons. The third kappa shape index (κ3) is 36.4. The van der Waals surface area contributed by atoms with E-state index in [-0.39, 0.29) is 88.4 Å². The maximum absolute atomic E-state index is 0. The van der Waals surface area contributed by atoms with Crippen LogP contribution in [0.15, 0.2) is 0 Å². The van der Waals surface area contributed by atoms with Gasteiger partial charge in [0.15, 0.2) is 0 Å². The van der Waals surface area contributed by atoms with Crippen molar-refractivity contribution in [3.05, 3.63) is 0 Å². The highest BCUT2D eigenvalue weighted by Gasteiger charge is -0.105. The van der Waals surface area contributed by atoms with Crippen LogP contribution >= 0.6 is 71.9 Å². The summed E-state index contributed by atoms with van der Waals surface area (Å²) >= 11 is 0. The van der Waals surface area contributed by atoms with Crippen LogP contribution in [-0.4, -0.2) is 16.4 Å². The first-order chi connectivity index (χ1) is 0. The summed E-state index contributed by atoms with van der Waals surface area (Å²) in [5.74, 6) is 0. The average Bonchev–Trinajstić information content (AvgIpc) is 0. The fourth-order valence-electron chi connectivity index (χ4n) is 0. The Morgan fingerprint density at radius 1 is 0.333 bits per heavy atom. The highest BCUT2D eigenvalue weighted by atomic mass is 127. The molecule has 0 saturated carbocycles. The zero-order valence-electron chi connectivity index (χ0n) is 2.72. The molecule has 0 aliphatic carbocycles. The molecular weight excluding hydrogens is 429 g/mol. The lowest BCUT2D eigenvalue weighted by atomic mass is 16.0. The summed E-state index contributed by atoms with van der Waals surface area (Å²) in [6.07, 6.45) is 0. The van der Waals surface area contributed by atoms with E-state index < -0.39 is 0 Å². The topological polar surface area (TPSA) is 94.5 Å². The second-order valence-electron chi connectivity index (χ2n) is 0. The molecular formula is H9I3O3. The van der Waals surface area contributed by atoms with Gasteiger partial charge < -0.3 is 16.4 Å². The molecule has 0 spiro atoms. The molecule has 6 N–H and O–H groups in total. The fourth-order valence-corrected chi connectivity index (χ4v) is 0. The van der Waals surface area contributed by atoms with E-state index in [4.69, 9.17) is 0 Å². The van der Waals surface area contributed by atoms with Gasteiger partial charge in [0.1, 0.15) is 0 Å². The molecule has 6 heteroatoms. The predicted octanol–water partition coefficient (Wildman–Crippen LogP) is -0.620. The third-order valence-corrected chi connectivity index (χ3v) is 0. The minimum Gasteiger partial charge on any atom is -0.412 e. The predicted molar refractivity (Wildman–Crippen MR) is 57.1 cm³/mol. The van der Waals surface area contributed by atoms with Crippen LogP contribution in [0.1, 0.15) is 0 Å². The Balaban J connectivity index is 0. The monoisotopic (exact) mass is 438 g/mol. The lowest BCUT2D eigenvalue weighted by Gasteiger charge is -0.413. The normalized spacial score (nSPS) is 0. The molecule has 0 amide bonds. The molecule has 0 saturated heterocycles. The number of hydrogen-bond acceptors (Lipinski definition) is 0. The smallest absolute Gasteiger partial charge is 0.107 e. The second kappa shape index (κ2) is 60.8. The van der Waals surface area contributed by atoms with Crippen LogP contribution in [-0.2, 0) is 0 Å². The lowest BCUT2D eigenvalue weighted by molar-refractivity contribution is 0.823. The van der Waals surface area contributed by atoms with E-state index in [2.05, 4.69) is 0 Å². The molecule has 0 atom stereocenters. The molecule has 0 aromatic rings. The van der Waals surface area contributed by atoms with E-state index in [0.29, 0.717) is 0 Å². The molecule has 0 aliphatic rings. The van der Waals surface area contributed by atoms with E-state index in [0.717, 1.165) is 0 Å². The standard InChI is InChI=1S/3HI.3H2O/h3*1H;3*1H2. The molecule has 0 heterocycles. The minimum absolute atomic E-state index is 0. The van der Waals surface area contributed by atoms with Crippen molar-refractivity contribution in [2.75, 3.05) is 0 Å². The van der Waals surface area contributed by atoms with E-state index in [9.17, 15) is 0 Å². The van der Waals surface area contributed by atoms with E-state index in [1.807, 2.05) is 0 Å². The van der Waals surface area contributed by atoms with Crippen LogP contribution in [0.25, 0.3) is 0 Å². The zero-order valence-corrected chi connectivity index (χ0v) is 9.72. The average molecular weight is 438 g/mol. The van der Waals surface area contributed by atoms with Gasteiger partial charge in [0.05, 0.1) is 0 Å². The van der Waals surface area contributed by atoms with Crippen LogP contribution < -0.4 is 0 Å². The summed E-state index contributed by atoms with van der Waals surface area (Å²) in [5, 5.41) is 0. The molecule has 0 aromatic heterocycles. The highest BCUT2D eigenvalue weighted by Crippen LogP contribution is 0.888. The SMILES string of the molecule is I.I.I.O.O.O. The second-order valence-corrected chi connectivity index (χ2v) is 0. The van der Waals surface area contributed by atoms with Gasteiger partial charge in [0, 0.05) is 0 Å². The first kappa shape index (κ1) is 94.1. The summed E-state index contributed by atoms with van der Waals surface area (Å²) in [5.41, 5.74) is 0.